The van der Waals surface area contributed by atoms with E-state index in [4.69, 9.17) is 14.2 Å². The molecule has 1 saturated heterocycles. The Morgan fingerprint density at radius 3 is 1.96 bits per heavy atom. The Hall–Kier alpha value is -0.120. The van der Waals surface area contributed by atoms with Crippen LogP contribution in [-0.4, -0.2) is 25.3 Å². The Labute approximate surface area is 144 Å². The van der Waals surface area contributed by atoms with Crippen molar-refractivity contribution in [3.63, 3.8) is 0 Å². The molecule has 0 radical (unpaired) electrons. The molecule has 3 heteroatoms. The highest BCUT2D eigenvalue weighted by Crippen LogP contribution is 2.26. The highest BCUT2D eigenvalue weighted by atomic mass is 16.8. The van der Waals surface area contributed by atoms with Gasteiger partial charge in [-0.2, -0.15) is 0 Å². The standard InChI is InChI=1S/C20H40O3/c1-4-7-9-11-13-15-18-17-20(21-6-3)23-19(22-18)16-14-12-10-8-5-2/h18-20H,4-17H2,1-3H3/t18-,19+,20-/m0/s1. The van der Waals surface area contributed by atoms with E-state index < -0.39 is 0 Å². The average Bonchev–Trinajstić information content (AvgIpc) is 2.55. The van der Waals surface area contributed by atoms with Crippen molar-refractivity contribution in [3.05, 3.63) is 0 Å². The maximum atomic E-state index is 6.17. The van der Waals surface area contributed by atoms with Crippen LogP contribution in [0, 0.1) is 0 Å². The molecule has 0 amide bonds. The summed E-state index contributed by atoms with van der Waals surface area (Å²) in [6.45, 7) is 7.28. The molecule has 1 aliphatic rings. The molecule has 0 aliphatic carbocycles. The molecule has 0 unspecified atom stereocenters. The summed E-state index contributed by atoms with van der Waals surface area (Å²) in [6, 6.07) is 0. The molecule has 3 atom stereocenters. The second kappa shape index (κ2) is 14.2. The molecule has 1 heterocycles. The Bertz CT molecular complexity index is 235. The highest BCUT2D eigenvalue weighted by Gasteiger charge is 2.29. The fourth-order valence-corrected chi connectivity index (χ4v) is 3.25. The van der Waals surface area contributed by atoms with E-state index in [1.807, 2.05) is 6.92 Å². The summed E-state index contributed by atoms with van der Waals surface area (Å²) in [5.74, 6) is 0. The lowest BCUT2D eigenvalue weighted by Crippen LogP contribution is -2.39. The Balaban J connectivity index is 2.24. The lowest BCUT2D eigenvalue weighted by molar-refractivity contribution is -0.308. The van der Waals surface area contributed by atoms with Gasteiger partial charge in [-0.3, -0.25) is 0 Å². The third kappa shape index (κ3) is 10.4. The topological polar surface area (TPSA) is 27.7 Å². The molecular weight excluding hydrogens is 288 g/mol. The van der Waals surface area contributed by atoms with Gasteiger partial charge in [0.05, 0.1) is 6.10 Å². The van der Waals surface area contributed by atoms with Gasteiger partial charge in [0.1, 0.15) is 0 Å². The fourth-order valence-electron chi connectivity index (χ4n) is 3.25. The number of hydrogen-bond donors (Lipinski definition) is 0. The van der Waals surface area contributed by atoms with Gasteiger partial charge in [-0.1, -0.05) is 71.6 Å². The van der Waals surface area contributed by atoms with E-state index in [9.17, 15) is 0 Å². The van der Waals surface area contributed by atoms with Crippen LogP contribution in [0.5, 0.6) is 0 Å². The maximum absolute atomic E-state index is 6.17. The van der Waals surface area contributed by atoms with Gasteiger partial charge in [0.15, 0.2) is 12.6 Å². The van der Waals surface area contributed by atoms with Gasteiger partial charge in [-0.05, 0) is 26.2 Å². The van der Waals surface area contributed by atoms with Gasteiger partial charge in [-0.15, -0.1) is 0 Å². The second-order valence-corrected chi connectivity index (χ2v) is 6.85. The van der Waals surface area contributed by atoms with Crippen molar-refractivity contribution >= 4 is 0 Å². The van der Waals surface area contributed by atoms with Crippen molar-refractivity contribution in [2.45, 2.75) is 123 Å². The van der Waals surface area contributed by atoms with Crippen molar-refractivity contribution in [2.24, 2.45) is 0 Å². The van der Waals surface area contributed by atoms with Gasteiger partial charge in [0.2, 0.25) is 0 Å². The van der Waals surface area contributed by atoms with E-state index in [0.717, 1.165) is 25.9 Å². The van der Waals surface area contributed by atoms with Gasteiger partial charge in [0.25, 0.3) is 0 Å². The van der Waals surface area contributed by atoms with E-state index in [-0.39, 0.29) is 12.6 Å². The first-order valence-corrected chi connectivity index (χ1v) is 10.2. The molecule has 0 aromatic heterocycles. The van der Waals surface area contributed by atoms with E-state index >= 15 is 0 Å². The molecule has 1 rings (SSSR count). The Morgan fingerprint density at radius 2 is 1.35 bits per heavy atom. The first kappa shape index (κ1) is 20.9. The van der Waals surface area contributed by atoms with Crippen LogP contribution in [0.25, 0.3) is 0 Å². The molecule has 3 nitrogen and oxygen atoms in total. The molecule has 23 heavy (non-hydrogen) atoms. The van der Waals surface area contributed by atoms with Crippen LogP contribution < -0.4 is 0 Å². The lowest BCUT2D eigenvalue weighted by Gasteiger charge is -2.35. The first-order chi connectivity index (χ1) is 11.3. The Kier molecular flexibility index (Phi) is 13.0. The van der Waals surface area contributed by atoms with Crippen LogP contribution >= 0.6 is 0 Å². The summed E-state index contributed by atoms with van der Waals surface area (Å²) in [7, 11) is 0. The van der Waals surface area contributed by atoms with Gasteiger partial charge in [-0.25, -0.2) is 0 Å². The molecule has 0 spiro atoms. The monoisotopic (exact) mass is 328 g/mol. The SMILES string of the molecule is CCCCCCC[C@H]1C[C@@H](OCC)O[C@H](CCCCCCC)O1. The summed E-state index contributed by atoms with van der Waals surface area (Å²) in [6.07, 6.45) is 16.4. The van der Waals surface area contributed by atoms with Crippen LogP contribution in [0.4, 0.5) is 0 Å². The smallest absolute Gasteiger partial charge is 0.163 e. The van der Waals surface area contributed by atoms with E-state index in [1.165, 1.54) is 64.2 Å². The fraction of sp³-hybridized carbons (Fsp3) is 1.00. The molecule has 0 aromatic carbocycles. The molecule has 1 fully saturated rings. The van der Waals surface area contributed by atoms with Crippen molar-refractivity contribution in [3.8, 4) is 0 Å². The third-order valence-corrected chi connectivity index (χ3v) is 4.63. The van der Waals surface area contributed by atoms with Crippen LogP contribution in [0.1, 0.15) is 104 Å². The summed E-state index contributed by atoms with van der Waals surface area (Å²) >= 11 is 0. The van der Waals surface area contributed by atoms with Gasteiger partial charge in [0, 0.05) is 13.0 Å². The predicted octanol–water partition coefficient (Wildman–Crippen LogP) is 6.20. The van der Waals surface area contributed by atoms with Crippen molar-refractivity contribution in [1.29, 1.82) is 0 Å². The molecule has 0 bridgehead atoms. The van der Waals surface area contributed by atoms with E-state index in [2.05, 4.69) is 13.8 Å². The minimum atomic E-state index is -0.0602. The zero-order chi connectivity index (χ0) is 16.8. The number of unbranched alkanes of at least 4 members (excludes halogenated alkanes) is 8. The zero-order valence-electron chi connectivity index (χ0n) is 15.9. The quantitative estimate of drug-likeness (QED) is 0.355. The van der Waals surface area contributed by atoms with E-state index in [0.29, 0.717) is 6.10 Å². The molecule has 0 N–H and O–H groups in total. The molecule has 0 aromatic rings. The third-order valence-electron chi connectivity index (χ3n) is 4.63. The zero-order valence-corrected chi connectivity index (χ0v) is 15.9. The van der Waals surface area contributed by atoms with Crippen LogP contribution in [0.15, 0.2) is 0 Å². The Morgan fingerprint density at radius 1 is 0.739 bits per heavy atom. The highest BCUT2D eigenvalue weighted by molar-refractivity contribution is 4.68. The van der Waals surface area contributed by atoms with E-state index in [1.54, 1.807) is 0 Å². The van der Waals surface area contributed by atoms with Crippen molar-refractivity contribution in [1.82, 2.24) is 0 Å². The second-order valence-electron chi connectivity index (χ2n) is 6.85. The minimum absolute atomic E-state index is 0.0532. The van der Waals surface area contributed by atoms with Gasteiger partial charge < -0.3 is 14.2 Å². The summed E-state index contributed by atoms with van der Waals surface area (Å²) < 4.78 is 17.9. The molecular formula is C20H40O3. The van der Waals surface area contributed by atoms with Crippen LogP contribution in [-0.2, 0) is 14.2 Å². The predicted molar refractivity (Wildman–Crippen MR) is 96.5 cm³/mol. The summed E-state index contributed by atoms with van der Waals surface area (Å²) in [5, 5.41) is 0. The summed E-state index contributed by atoms with van der Waals surface area (Å²) in [4.78, 5) is 0. The normalized spacial score (nSPS) is 24.9. The number of hydrogen-bond acceptors (Lipinski definition) is 3. The number of ether oxygens (including phenoxy) is 3. The minimum Gasteiger partial charge on any atom is -0.353 e. The first-order valence-electron chi connectivity index (χ1n) is 10.2. The molecule has 138 valence electrons. The maximum Gasteiger partial charge on any atom is 0.163 e. The van der Waals surface area contributed by atoms with Crippen molar-refractivity contribution < 1.29 is 14.2 Å². The number of rotatable bonds is 14. The van der Waals surface area contributed by atoms with Crippen LogP contribution in [0.3, 0.4) is 0 Å². The van der Waals surface area contributed by atoms with Gasteiger partial charge >= 0.3 is 0 Å². The summed E-state index contributed by atoms with van der Waals surface area (Å²) in [5.41, 5.74) is 0. The average molecular weight is 329 g/mol. The molecule has 0 saturated carbocycles. The van der Waals surface area contributed by atoms with Crippen LogP contribution in [0.2, 0.25) is 0 Å². The largest absolute Gasteiger partial charge is 0.353 e. The molecule has 1 aliphatic heterocycles. The lowest BCUT2D eigenvalue weighted by atomic mass is 10.0. The van der Waals surface area contributed by atoms with Crippen molar-refractivity contribution in [2.75, 3.05) is 6.61 Å².